The van der Waals surface area contributed by atoms with Crippen molar-refractivity contribution < 1.29 is 9.18 Å². The molecule has 104 valence electrons. The number of hydrogen-bond donors (Lipinski definition) is 2. The van der Waals surface area contributed by atoms with E-state index < -0.39 is 11.7 Å². The van der Waals surface area contributed by atoms with Gasteiger partial charge in [-0.05, 0) is 37.3 Å². The lowest BCUT2D eigenvalue weighted by Gasteiger charge is -2.07. The molecule has 0 radical (unpaired) electrons. The molecule has 1 aromatic heterocycles. The van der Waals surface area contributed by atoms with Crippen LogP contribution in [0.3, 0.4) is 0 Å². The molecule has 0 spiro atoms. The van der Waals surface area contributed by atoms with Crippen LogP contribution in [-0.2, 0) is 0 Å². The Morgan fingerprint density at radius 2 is 2.15 bits per heavy atom. The Balaban J connectivity index is 2.13. The van der Waals surface area contributed by atoms with Crippen LogP contribution in [0.5, 0.6) is 0 Å². The lowest BCUT2D eigenvalue weighted by Crippen LogP contribution is -2.14. The van der Waals surface area contributed by atoms with Crippen molar-refractivity contribution in [1.82, 2.24) is 4.98 Å². The molecule has 20 heavy (non-hydrogen) atoms. The van der Waals surface area contributed by atoms with Gasteiger partial charge in [0.15, 0.2) is 0 Å². The molecule has 0 saturated heterocycles. The Bertz CT molecular complexity index is 616. The largest absolute Gasteiger partial charge is 0.384 e. The van der Waals surface area contributed by atoms with Crippen LogP contribution in [-0.4, -0.2) is 17.4 Å². The molecule has 0 unspecified atom stereocenters. The van der Waals surface area contributed by atoms with Crippen LogP contribution in [0.4, 0.5) is 15.8 Å². The Morgan fingerprint density at radius 3 is 2.80 bits per heavy atom. The molecule has 4 nitrogen and oxygen atoms in total. The molecule has 0 saturated carbocycles. The Hall–Kier alpha value is -1.95. The fourth-order valence-corrected chi connectivity index (χ4v) is 1.98. The Kier molecular flexibility index (Phi) is 4.68. The van der Waals surface area contributed by atoms with E-state index in [1.165, 1.54) is 12.1 Å². The van der Waals surface area contributed by atoms with Crippen LogP contribution in [0.2, 0.25) is 0 Å². The highest BCUT2D eigenvalue weighted by Crippen LogP contribution is 2.20. The van der Waals surface area contributed by atoms with Gasteiger partial charge >= 0.3 is 0 Å². The van der Waals surface area contributed by atoms with Gasteiger partial charge in [-0.1, -0.05) is 15.9 Å². The van der Waals surface area contributed by atoms with Crippen LogP contribution in [0.15, 0.2) is 41.0 Å². The fraction of sp³-hybridized carbons (Fsp3) is 0.143. The standard InChI is InChI=1S/C14H13BrFN3O/c1-2-17-10-4-6-12(18-8-10)14(20)19-13-7-9(15)3-5-11(13)16/h3-8,17H,2H2,1H3,(H,19,20). The van der Waals surface area contributed by atoms with Crippen LogP contribution in [0.25, 0.3) is 0 Å². The third kappa shape index (κ3) is 3.54. The number of halogens is 2. The van der Waals surface area contributed by atoms with Gasteiger partial charge in [-0.2, -0.15) is 0 Å². The van der Waals surface area contributed by atoms with E-state index in [1.807, 2.05) is 6.92 Å². The number of carbonyl (C=O) groups excluding carboxylic acids is 1. The number of hydrogen-bond acceptors (Lipinski definition) is 3. The zero-order valence-electron chi connectivity index (χ0n) is 10.8. The van der Waals surface area contributed by atoms with E-state index in [0.717, 1.165) is 12.2 Å². The number of anilines is 2. The third-order valence-electron chi connectivity index (χ3n) is 2.55. The number of pyridine rings is 1. The normalized spacial score (nSPS) is 10.2. The minimum Gasteiger partial charge on any atom is -0.384 e. The van der Waals surface area contributed by atoms with Gasteiger partial charge in [0.25, 0.3) is 5.91 Å². The number of nitrogens with zero attached hydrogens (tertiary/aromatic N) is 1. The highest BCUT2D eigenvalue weighted by atomic mass is 79.9. The Morgan fingerprint density at radius 1 is 1.35 bits per heavy atom. The van der Waals surface area contributed by atoms with Gasteiger partial charge in [-0.3, -0.25) is 4.79 Å². The molecule has 2 aromatic rings. The second-order valence-corrected chi connectivity index (χ2v) is 4.96. The lowest BCUT2D eigenvalue weighted by atomic mass is 10.2. The predicted molar refractivity (Wildman–Crippen MR) is 80.5 cm³/mol. The molecule has 0 aliphatic carbocycles. The number of nitrogens with one attached hydrogen (secondary N) is 2. The van der Waals surface area contributed by atoms with Crippen molar-refractivity contribution in [3.8, 4) is 0 Å². The number of amides is 1. The molecule has 0 atom stereocenters. The molecule has 0 aliphatic rings. The van der Waals surface area contributed by atoms with Gasteiger partial charge < -0.3 is 10.6 Å². The summed E-state index contributed by atoms with van der Waals surface area (Å²) >= 11 is 3.23. The van der Waals surface area contributed by atoms with E-state index in [0.29, 0.717) is 4.47 Å². The summed E-state index contributed by atoms with van der Waals surface area (Å²) in [5.74, 6) is -0.948. The summed E-state index contributed by atoms with van der Waals surface area (Å²) in [6, 6.07) is 7.68. The summed E-state index contributed by atoms with van der Waals surface area (Å²) in [6.07, 6.45) is 1.57. The highest BCUT2D eigenvalue weighted by Gasteiger charge is 2.10. The maximum absolute atomic E-state index is 13.5. The topological polar surface area (TPSA) is 54.0 Å². The van der Waals surface area contributed by atoms with Crippen molar-refractivity contribution in [1.29, 1.82) is 0 Å². The first-order chi connectivity index (χ1) is 9.60. The van der Waals surface area contributed by atoms with Crippen molar-refractivity contribution in [2.45, 2.75) is 6.92 Å². The first kappa shape index (κ1) is 14.5. The molecule has 0 bridgehead atoms. The van der Waals surface area contributed by atoms with Crippen molar-refractivity contribution >= 4 is 33.2 Å². The van der Waals surface area contributed by atoms with E-state index >= 15 is 0 Å². The average molecular weight is 338 g/mol. The number of aromatic nitrogens is 1. The van der Waals surface area contributed by atoms with E-state index in [4.69, 9.17) is 0 Å². The van der Waals surface area contributed by atoms with E-state index in [-0.39, 0.29) is 11.4 Å². The minimum absolute atomic E-state index is 0.113. The SMILES string of the molecule is CCNc1ccc(C(=O)Nc2cc(Br)ccc2F)nc1. The van der Waals surface area contributed by atoms with Crippen LogP contribution < -0.4 is 10.6 Å². The molecular weight excluding hydrogens is 325 g/mol. The predicted octanol–water partition coefficient (Wildman–Crippen LogP) is 3.67. The zero-order valence-corrected chi connectivity index (χ0v) is 12.4. The number of rotatable bonds is 4. The average Bonchev–Trinajstić information content (AvgIpc) is 2.44. The third-order valence-corrected chi connectivity index (χ3v) is 3.05. The van der Waals surface area contributed by atoms with Crippen molar-refractivity contribution in [2.24, 2.45) is 0 Å². The summed E-state index contributed by atoms with van der Waals surface area (Å²) in [5.41, 5.74) is 1.17. The van der Waals surface area contributed by atoms with E-state index in [9.17, 15) is 9.18 Å². The minimum atomic E-state index is -0.495. The molecule has 1 aromatic carbocycles. The molecule has 0 fully saturated rings. The van der Waals surface area contributed by atoms with Gasteiger partial charge in [0, 0.05) is 11.0 Å². The van der Waals surface area contributed by atoms with Gasteiger partial charge in [0.1, 0.15) is 11.5 Å². The molecule has 1 heterocycles. The van der Waals surface area contributed by atoms with Crippen LogP contribution in [0, 0.1) is 5.82 Å². The van der Waals surface area contributed by atoms with Crippen molar-refractivity contribution in [3.05, 3.63) is 52.5 Å². The summed E-state index contributed by atoms with van der Waals surface area (Å²) in [6.45, 7) is 2.74. The van der Waals surface area contributed by atoms with Crippen LogP contribution >= 0.6 is 15.9 Å². The molecule has 0 aliphatic heterocycles. The number of benzene rings is 1. The second kappa shape index (κ2) is 6.47. The highest BCUT2D eigenvalue weighted by molar-refractivity contribution is 9.10. The first-order valence-corrected chi connectivity index (χ1v) is 6.85. The smallest absolute Gasteiger partial charge is 0.274 e. The maximum Gasteiger partial charge on any atom is 0.274 e. The van der Waals surface area contributed by atoms with Gasteiger partial charge in [-0.25, -0.2) is 9.37 Å². The monoisotopic (exact) mass is 337 g/mol. The lowest BCUT2D eigenvalue weighted by molar-refractivity contribution is 0.102. The van der Waals surface area contributed by atoms with Gasteiger partial charge in [0.05, 0.1) is 17.6 Å². The second-order valence-electron chi connectivity index (χ2n) is 4.04. The molecule has 2 rings (SSSR count). The molecular formula is C14H13BrFN3O. The van der Waals surface area contributed by atoms with E-state index in [2.05, 4.69) is 31.5 Å². The summed E-state index contributed by atoms with van der Waals surface area (Å²) in [4.78, 5) is 16.0. The van der Waals surface area contributed by atoms with Gasteiger partial charge in [-0.15, -0.1) is 0 Å². The molecule has 2 N–H and O–H groups in total. The zero-order chi connectivity index (χ0) is 14.5. The van der Waals surface area contributed by atoms with Crippen molar-refractivity contribution in [3.63, 3.8) is 0 Å². The van der Waals surface area contributed by atoms with Crippen molar-refractivity contribution in [2.75, 3.05) is 17.2 Å². The molecule has 1 amide bonds. The quantitative estimate of drug-likeness (QED) is 0.894. The fourth-order valence-electron chi connectivity index (χ4n) is 1.62. The van der Waals surface area contributed by atoms with Gasteiger partial charge in [0.2, 0.25) is 0 Å². The number of carbonyl (C=O) groups is 1. The Labute approximate surface area is 124 Å². The summed E-state index contributed by atoms with van der Waals surface area (Å²) in [5, 5.41) is 5.57. The van der Waals surface area contributed by atoms with Crippen LogP contribution in [0.1, 0.15) is 17.4 Å². The first-order valence-electron chi connectivity index (χ1n) is 6.06. The summed E-state index contributed by atoms with van der Waals surface area (Å²) < 4.78 is 14.2. The van der Waals surface area contributed by atoms with E-state index in [1.54, 1.807) is 24.4 Å². The maximum atomic E-state index is 13.5. The molecule has 6 heteroatoms. The summed E-state index contributed by atoms with van der Waals surface area (Å²) in [7, 11) is 0.